The molecule has 0 bridgehead atoms. The van der Waals surface area contributed by atoms with Gasteiger partial charge >= 0.3 is 0 Å². The molecule has 0 aliphatic heterocycles. The van der Waals surface area contributed by atoms with Gasteiger partial charge in [-0.3, -0.25) is 4.79 Å². The lowest BCUT2D eigenvalue weighted by molar-refractivity contribution is -0.119. The van der Waals surface area contributed by atoms with Crippen molar-refractivity contribution in [2.45, 2.75) is 28.6 Å². The summed E-state index contributed by atoms with van der Waals surface area (Å²) in [6.45, 7) is 7.89. The number of benzene rings is 2. The zero-order chi connectivity index (χ0) is 19.2. The van der Waals surface area contributed by atoms with Crippen LogP contribution in [0.4, 0.5) is 0 Å². The maximum Gasteiger partial charge on any atom is 0.230 e. The molecule has 3 rings (SSSR count). The summed E-state index contributed by atoms with van der Waals surface area (Å²) in [5.41, 5.74) is 2.23. The van der Waals surface area contributed by atoms with Gasteiger partial charge in [-0.05, 0) is 30.2 Å². The molecular formula is C20H21N3OS3. The zero-order valence-electron chi connectivity index (χ0n) is 15.3. The van der Waals surface area contributed by atoms with E-state index in [-0.39, 0.29) is 11.9 Å². The molecule has 0 fully saturated rings. The molecule has 0 radical (unpaired) electrons. The fourth-order valence-electron chi connectivity index (χ4n) is 2.62. The van der Waals surface area contributed by atoms with Crippen LogP contribution in [0.25, 0.3) is 10.8 Å². The zero-order valence-corrected chi connectivity index (χ0v) is 17.7. The van der Waals surface area contributed by atoms with Gasteiger partial charge in [-0.25, -0.2) is 0 Å². The lowest BCUT2D eigenvalue weighted by Crippen LogP contribution is -2.28. The third-order valence-electron chi connectivity index (χ3n) is 3.82. The van der Waals surface area contributed by atoms with Crippen molar-refractivity contribution in [2.24, 2.45) is 0 Å². The normalized spacial score (nSPS) is 12.1. The van der Waals surface area contributed by atoms with E-state index in [9.17, 15) is 4.79 Å². The number of fused-ring (bicyclic) bond motifs is 1. The Hall–Kier alpha value is -1.83. The maximum absolute atomic E-state index is 12.4. The number of carbonyl (C=O) groups excluding carboxylic acids is 1. The number of rotatable bonds is 8. The summed E-state index contributed by atoms with van der Waals surface area (Å²) in [6, 6.07) is 14.3. The van der Waals surface area contributed by atoms with Crippen molar-refractivity contribution in [1.82, 2.24) is 15.5 Å². The van der Waals surface area contributed by atoms with Gasteiger partial charge in [-0.2, -0.15) is 0 Å². The van der Waals surface area contributed by atoms with E-state index in [1.165, 1.54) is 33.9 Å². The predicted molar refractivity (Wildman–Crippen MR) is 117 cm³/mol. The Labute approximate surface area is 171 Å². The average Bonchev–Trinajstić information content (AvgIpc) is 3.12. The van der Waals surface area contributed by atoms with Crippen LogP contribution in [0.3, 0.4) is 0 Å². The Balaban J connectivity index is 1.55. The Kier molecular flexibility index (Phi) is 6.93. The van der Waals surface area contributed by atoms with E-state index in [1.807, 2.05) is 32.0 Å². The van der Waals surface area contributed by atoms with Crippen molar-refractivity contribution < 1.29 is 4.79 Å². The van der Waals surface area contributed by atoms with Gasteiger partial charge in [0.05, 0.1) is 11.8 Å². The van der Waals surface area contributed by atoms with Crippen molar-refractivity contribution in [2.75, 3.05) is 11.5 Å². The highest BCUT2D eigenvalue weighted by molar-refractivity contribution is 8.03. The van der Waals surface area contributed by atoms with Gasteiger partial charge in [0.1, 0.15) is 0 Å². The fraction of sp³-hybridized carbons (Fsp3) is 0.250. The fourth-order valence-corrected chi connectivity index (χ4v) is 5.29. The number of aromatic nitrogens is 2. The van der Waals surface area contributed by atoms with Crippen LogP contribution in [-0.4, -0.2) is 27.6 Å². The predicted octanol–water partition coefficient (Wildman–Crippen LogP) is 5.33. The smallest absolute Gasteiger partial charge is 0.230 e. The van der Waals surface area contributed by atoms with Crippen LogP contribution in [0.15, 0.2) is 63.3 Å². The summed E-state index contributed by atoms with van der Waals surface area (Å²) in [5, 5.41) is 13.7. The van der Waals surface area contributed by atoms with Crippen LogP contribution in [0.5, 0.6) is 0 Å². The molecule has 0 saturated carbocycles. The van der Waals surface area contributed by atoms with Crippen LogP contribution < -0.4 is 5.32 Å². The number of amides is 1. The van der Waals surface area contributed by atoms with E-state index in [0.717, 1.165) is 25.6 Å². The molecule has 1 N–H and O–H groups in total. The second kappa shape index (κ2) is 9.39. The van der Waals surface area contributed by atoms with Gasteiger partial charge in [0.15, 0.2) is 8.68 Å². The standard InChI is InChI=1S/C20H21N3OS3/c1-13(2)11-25-19-22-23-20(27-19)26-12-18(24)21-14(3)16-10-6-8-15-7-4-5-9-17(15)16/h4-10,14H,1,11-12H2,2-3H3,(H,21,24). The molecule has 1 heterocycles. The van der Waals surface area contributed by atoms with Crippen molar-refractivity contribution in [3.05, 3.63) is 60.2 Å². The number of thioether (sulfide) groups is 2. The Bertz CT molecular complexity index is 949. The highest BCUT2D eigenvalue weighted by Gasteiger charge is 2.14. The topological polar surface area (TPSA) is 54.9 Å². The van der Waals surface area contributed by atoms with Crippen LogP contribution in [0, 0.1) is 0 Å². The minimum absolute atomic E-state index is 0.00762. The average molecular weight is 416 g/mol. The van der Waals surface area contributed by atoms with E-state index in [0.29, 0.717) is 5.75 Å². The molecule has 1 atom stereocenters. The summed E-state index contributed by atoms with van der Waals surface area (Å²) in [6.07, 6.45) is 0. The Morgan fingerprint density at radius 3 is 2.52 bits per heavy atom. The van der Waals surface area contributed by atoms with Gasteiger partial charge in [-0.1, -0.05) is 89.5 Å². The second-order valence-corrected chi connectivity index (χ2v) is 9.65. The van der Waals surface area contributed by atoms with Crippen molar-refractivity contribution >= 4 is 51.5 Å². The molecule has 0 aliphatic rings. The highest BCUT2D eigenvalue weighted by atomic mass is 32.2. The van der Waals surface area contributed by atoms with Gasteiger partial charge < -0.3 is 5.32 Å². The third kappa shape index (κ3) is 5.57. The Morgan fingerprint density at radius 2 is 1.78 bits per heavy atom. The summed E-state index contributed by atoms with van der Waals surface area (Å²) >= 11 is 4.56. The van der Waals surface area contributed by atoms with Crippen LogP contribution in [0.1, 0.15) is 25.5 Å². The van der Waals surface area contributed by atoms with Crippen LogP contribution in [-0.2, 0) is 4.79 Å². The molecule has 27 heavy (non-hydrogen) atoms. The molecule has 140 valence electrons. The monoisotopic (exact) mass is 415 g/mol. The van der Waals surface area contributed by atoms with Gasteiger partial charge in [0.2, 0.25) is 5.91 Å². The summed E-state index contributed by atoms with van der Waals surface area (Å²) in [7, 11) is 0. The molecule has 0 aliphatic carbocycles. The first kappa shape index (κ1) is 19.9. The summed E-state index contributed by atoms with van der Waals surface area (Å²) < 4.78 is 1.72. The van der Waals surface area contributed by atoms with Crippen molar-refractivity contribution in [1.29, 1.82) is 0 Å². The van der Waals surface area contributed by atoms with Gasteiger partial charge in [0.25, 0.3) is 0 Å². The number of nitrogens with one attached hydrogen (secondary N) is 1. The molecule has 3 aromatic rings. The minimum Gasteiger partial charge on any atom is -0.349 e. The molecule has 1 unspecified atom stereocenters. The lowest BCUT2D eigenvalue weighted by atomic mass is 10.00. The van der Waals surface area contributed by atoms with E-state index in [1.54, 1.807) is 11.8 Å². The van der Waals surface area contributed by atoms with Crippen LogP contribution in [0.2, 0.25) is 0 Å². The van der Waals surface area contributed by atoms with E-state index < -0.39 is 0 Å². The molecular weight excluding hydrogens is 394 g/mol. The van der Waals surface area contributed by atoms with Crippen LogP contribution >= 0.6 is 34.9 Å². The highest BCUT2D eigenvalue weighted by Crippen LogP contribution is 2.29. The van der Waals surface area contributed by atoms with Gasteiger partial charge in [-0.15, -0.1) is 10.2 Å². The third-order valence-corrected chi connectivity index (χ3v) is 7.24. The Morgan fingerprint density at radius 1 is 1.11 bits per heavy atom. The quantitative estimate of drug-likeness (QED) is 0.398. The number of nitrogens with zero attached hydrogens (tertiary/aromatic N) is 2. The second-order valence-electron chi connectivity index (χ2n) is 6.23. The molecule has 1 aromatic heterocycles. The molecule has 2 aromatic carbocycles. The summed E-state index contributed by atoms with van der Waals surface area (Å²) in [5.74, 6) is 1.16. The number of hydrogen-bond donors (Lipinski definition) is 1. The van der Waals surface area contributed by atoms with Gasteiger partial charge in [0, 0.05) is 5.75 Å². The lowest BCUT2D eigenvalue weighted by Gasteiger charge is -2.16. The first-order chi connectivity index (χ1) is 13.0. The van der Waals surface area contributed by atoms with E-state index in [4.69, 9.17) is 0 Å². The molecule has 0 saturated heterocycles. The molecule has 1 amide bonds. The van der Waals surface area contributed by atoms with Crippen molar-refractivity contribution in [3.63, 3.8) is 0 Å². The molecule has 4 nitrogen and oxygen atoms in total. The SMILES string of the molecule is C=C(C)CSc1nnc(SCC(=O)NC(C)c2cccc3ccccc23)s1. The van der Waals surface area contributed by atoms with Crippen molar-refractivity contribution in [3.8, 4) is 0 Å². The summed E-state index contributed by atoms with van der Waals surface area (Å²) in [4.78, 5) is 12.4. The first-order valence-corrected chi connectivity index (χ1v) is 11.3. The maximum atomic E-state index is 12.4. The van der Waals surface area contributed by atoms with E-state index in [2.05, 4.69) is 46.4 Å². The number of carbonyl (C=O) groups is 1. The molecule has 0 spiro atoms. The van der Waals surface area contributed by atoms with E-state index >= 15 is 0 Å². The first-order valence-electron chi connectivity index (χ1n) is 8.53. The molecule has 7 heteroatoms. The number of hydrogen-bond acceptors (Lipinski definition) is 6. The largest absolute Gasteiger partial charge is 0.349 e. The minimum atomic E-state index is -0.0553.